The molecule has 1 aliphatic rings. The first-order chi connectivity index (χ1) is 31.5. The Hall–Kier alpha value is -8.14. The molecule has 3 heteroatoms. The van der Waals surface area contributed by atoms with Crippen LogP contribution >= 0.6 is 0 Å². The molecule has 0 unspecified atom stereocenters. The van der Waals surface area contributed by atoms with Gasteiger partial charge in [-0.15, -0.1) is 0 Å². The zero-order valence-corrected chi connectivity index (χ0v) is 35.5. The number of benzene rings is 10. The third-order valence-electron chi connectivity index (χ3n) is 13.7. The minimum Gasteiger partial charge on any atom is -0.455 e. The number of rotatable bonds is 6. The Kier molecular flexibility index (Phi) is 7.95. The van der Waals surface area contributed by atoms with E-state index in [1.54, 1.807) is 0 Å². The molecular formula is C61H41NO2. The molecule has 1 aliphatic carbocycles. The summed E-state index contributed by atoms with van der Waals surface area (Å²) >= 11 is 0. The Labute approximate surface area is 371 Å². The van der Waals surface area contributed by atoms with Crippen molar-refractivity contribution in [3.05, 3.63) is 223 Å². The van der Waals surface area contributed by atoms with Crippen molar-refractivity contribution in [3.63, 3.8) is 0 Å². The Morgan fingerprint density at radius 3 is 1.72 bits per heavy atom. The molecule has 2 aromatic heterocycles. The summed E-state index contributed by atoms with van der Waals surface area (Å²) in [5.74, 6) is 0. The number of anilines is 3. The summed E-state index contributed by atoms with van der Waals surface area (Å²) < 4.78 is 14.0. The van der Waals surface area contributed by atoms with Crippen molar-refractivity contribution >= 4 is 71.7 Å². The molecule has 302 valence electrons. The molecule has 10 aromatic carbocycles. The number of furan rings is 2. The number of hydrogen-bond donors (Lipinski definition) is 0. The number of hydrogen-bond acceptors (Lipinski definition) is 3. The lowest BCUT2D eigenvalue weighted by Crippen LogP contribution is -2.16. The summed E-state index contributed by atoms with van der Waals surface area (Å²) in [5, 5.41) is 6.49. The van der Waals surface area contributed by atoms with E-state index in [0.29, 0.717) is 0 Å². The molecule has 13 rings (SSSR count). The first-order valence-electron chi connectivity index (χ1n) is 22.1. The van der Waals surface area contributed by atoms with Crippen LogP contribution < -0.4 is 4.90 Å². The van der Waals surface area contributed by atoms with Crippen molar-refractivity contribution in [3.8, 4) is 44.5 Å². The van der Waals surface area contributed by atoms with Crippen LogP contribution in [0.15, 0.2) is 221 Å². The molecule has 0 amide bonds. The van der Waals surface area contributed by atoms with Gasteiger partial charge in [0.25, 0.3) is 0 Å². The fraction of sp³-hybridized carbons (Fsp3) is 0.0492. The highest BCUT2D eigenvalue weighted by Gasteiger charge is 2.36. The van der Waals surface area contributed by atoms with E-state index in [9.17, 15) is 0 Å². The predicted molar refractivity (Wildman–Crippen MR) is 267 cm³/mol. The predicted octanol–water partition coefficient (Wildman–Crippen LogP) is 17.4. The first-order valence-corrected chi connectivity index (χ1v) is 22.1. The molecule has 0 spiro atoms. The third kappa shape index (κ3) is 5.41. The maximum absolute atomic E-state index is 7.09. The van der Waals surface area contributed by atoms with Gasteiger partial charge >= 0.3 is 0 Å². The average molecular weight is 820 g/mol. The summed E-state index contributed by atoms with van der Waals surface area (Å²) in [6.45, 7) is 4.69. The van der Waals surface area contributed by atoms with Gasteiger partial charge < -0.3 is 13.7 Å². The SMILES string of the molecule is CC1(C)c2ccccc2-c2ccc(N(c3ccccc3)c3cccc4oc5c6ccccc6c(-c6cccc7c6oc6c(-c8ccc(-c9ccccc9)cc8)cccc67)cc5c34)cc21. The van der Waals surface area contributed by atoms with Crippen LogP contribution in [0, 0.1) is 0 Å². The van der Waals surface area contributed by atoms with Crippen molar-refractivity contribution in [2.45, 2.75) is 19.3 Å². The normalized spacial score (nSPS) is 13.0. The van der Waals surface area contributed by atoms with Crippen molar-refractivity contribution in [1.29, 1.82) is 0 Å². The van der Waals surface area contributed by atoms with Gasteiger partial charge in [-0.05, 0) is 92.4 Å². The van der Waals surface area contributed by atoms with Crippen LogP contribution in [0.4, 0.5) is 17.1 Å². The number of para-hydroxylation sites is 3. The van der Waals surface area contributed by atoms with E-state index >= 15 is 0 Å². The highest BCUT2D eigenvalue weighted by atomic mass is 16.3. The van der Waals surface area contributed by atoms with Crippen molar-refractivity contribution in [2.75, 3.05) is 4.90 Å². The lowest BCUT2D eigenvalue weighted by atomic mass is 9.82. The highest BCUT2D eigenvalue weighted by Crippen LogP contribution is 2.52. The van der Waals surface area contributed by atoms with Gasteiger partial charge in [0.2, 0.25) is 0 Å². The van der Waals surface area contributed by atoms with Gasteiger partial charge in [-0.2, -0.15) is 0 Å². The fourth-order valence-electron chi connectivity index (χ4n) is 10.6. The Balaban J connectivity index is 1.02. The number of fused-ring (bicyclic) bond motifs is 11. The Morgan fingerprint density at radius 2 is 0.922 bits per heavy atom. The Morgan fingerprint density at radius 1 is 0.344 bits per heavy atom. The van der Waals surface area contributed by atoms with Gasteiger partial charge in [-0.1, -0.05) is 184 Å². The standard InChI is InChI=1S/C61H41NO2/c1-61(2)53-27-12-11-21-45(53)46-35-34-42(36-54(46)61)62(41-18-7-4-8-19-41)55-28-15-29-56-57(55)52-37-51(44-20-9-10-22-47(44)60(52)63-56)50-26-14-25-49-48-24-13-23-43(58(48)64-59(49)50)40-32-30-39(31-33-40)38-16-5-3-6-17-38/h3-37H,1-2H3. The van der Waals surface area contributed by atoms with Crippen molar-refractivity contribution < 1.29 is 8.83 Å². The summed E-state index contributed by atoms with van der Waals surface area (Å²) in [4.78, 5) is 2.40. The second-order valence-corrected chi connectivity index (χ2v) is 17.6. The molecule has 3 nitrogen and oxygen atoms in total. The fourth-order valence-corrected chi connectivity index (χ4v) is 10.6. The molecule has 0 fully saturated rings. The van der Waals surface area contributed by atoms with Gasteiger partial charge in [0.15, 0.2) is 0 Å². The maximum atomic E-state index is 7.09. The monoisotopic (exact) mass is 819 g/mol. The minimum atomic E-state index is -0.141. The van der Waals surface area contributed by atoms with Crippen molar-refractivity contribution in [1.82, 2.24) is 0 Å². The molecule has 12 aromatic rings. The van der Waals surface area contributed by atoms with Gasteiger partial charge in [0, 0.05) is 49.5 Å². The minimum absolute atomic E-state index is 0.141. The van der Waals surface area contributed by atoms with Crippen LogP contribution in [0.5, 0.6) is 0 Å². The molecule has 64 heavy (non-hydrogen) atoms. The lowest BCUT2D eigenvalue weighted by Gasteiger charge is -2.28. The van der Waals surface area contributed by atoms with E-state index < -0.39 is 0 Å². The number of nitrogens with zero attached hydrogens (tertiary/aromatic N) is 1. The molecule has 0 radical (unpaired) electrons. The Bertz CT molecular complexity index is 3800. The molecular weight excluding hydrogens is 779 g/mol. The van der Waals surface area contributed by atoms with Crippen LogP contribution in [-0.2, 0) is 5.41 Å². The topological polar surface area (TPSA) is 29.5 Å². The first kappa shape index (κ1) is 36.5. The molecule has 0 aliphatic heterocycles. The third-order valence-corrected chi connectivity index (χ3v) is 13.7. The molecule has 0 bridgehead atoms. The summed E-state index contributed by atoms with van der Waals surface area (Å²) in [5.41, 5.74) is 18.6. The molecule has 2 heterocycles. The molecule has 0 saturated heterocycles. The van der Waals surface area contributed by atoms with E-state index in [1.807, 2.05) is 0 Å². The van der Waals surface area contributed by atoms with Crippen LogP contribution in [0.3, 0.4) is 0 Å². The van der Waals surface area contributed by atoms with E-state index in [0.717, 1.165) is 94.0 Å². The van der Waals surface area contributed by atoms with Gasteiger partial charge in [-0.25, -0.2) is 0 Å². The smallest absolute Gasteiger partial charge is 0.143 e. The summed E-state index contributed by atoms with van der Waals surface area (Å²) in [6.07, 6.45) is 0. The zero-order valence-electron chi connectivity index (χ0n) is 35.5. The lowest BCUT2D eigenvalue weighted by molar-refractivity contribution is 0.660. The highest BCUT2D eigenvalue weighted by molar-refractivity contribution is 6.24. The summed E-state index contributed by atoms with van der Waals surface area (Å²) in [7, 11) is 0. The second-order valence-electron chi connectivity index (χ2n) is 17.6. The molecule has 0 atom stereocenters. The van der Waals surface area contributed by atoms with Crippen LogP contribution in [0.1, 0.15) is 25.0 Å². The quantitative estimate of drug-likeness (QED) is 0.167. The van der Waals surface area contributed by atoms with Crippen LogP contribution in [0.25, 0.3) is 99.2 Å². The molecule has 0 saturated carbocycles. The van der Waals surface area contributed by atoms with Crippen LogP contribution in [-0.4, -0.2) is 0 Å². The zero-order chi connectivity index (χ0) is 42.5. The van der Waals surface area contributed by atoms with Gasteiger partial charge in [0.05, 0.1) is 11.1 Å². The molecule has 0 N–H and O–H groups in total. The van der Waals surface area contributed by atoms with E-state index in [4.69, 9.17) is 8.83 Å². The summed E-state index contributed by atoms with van der Waals surface area (Å²) in [6, 6.07) is 76.3. The van der Waals surface area contributed by atoms with Gasteiger partial charge in [-0.3, -0.25) is 0 Å². The van der Waals surface area contributed by atoms with E-state index in [-0.39, 0.29) is 5.41 Å². The largest absolute Gasteiger partial charge is 0.455 e. The maximum Gasteiger partial charge on any atom is 0.143 e. The van der Waals surface area contributed by atoms with Gasteiger partial charge in [0.1, 0.15) is 22.3 Å². The van der Waals surface area contributed by atoms with Crippen LogP contribution in [0.2, 0.25) is 0 Å². The van der Waals surface area contributed by atoms with E-state index in [2.05, 4.69) is 231 Å². The van der Waals surface area contributed by atoms with E-state index in [1.165, 1.54) is 33.4 Å². The second kappa shape index (κ2) is 13.9. The van der Waals surface area contributed by atoms with Crippen molar-refractivity contribution in [2.24, 2.45) is 0 Å². The average Bonchev–Trinajstić information content (AvgIpc) is 4.00.